The summed E-state index contributed by atoms with van der Waals surface area (Å²) >= 11 is 0. The normalized spacial score (nSPS) is 20.5. The molecule has 2 aromatic carbocycles. The SMILES string of the molecule is O=C(c1nc2ccccc2[nH]c1=O)N1CCC2(CC1)c1ccccc1C[C@@H]2O. The fraction of sp³-hybridized carbons (Fsp3) is 0.318. The Morgan fingerprint density at radius 1 is 1.11 bits per heavy atom. The molecule has 0 unspecified atom stereocenters. The maximum Gasteiger partial charge on any atom is 0.280 e. The van der Waals surface area contributed by atoms with Crippen LogP contribution in [0.3, 0.4) is 0 Å². The third kappa shape index (κ3) is 2.48. The number of likely N-dealkylation sites (tertiary alicyclic amines) is 1. The van der Waals surface area contributed by atoms with Crippen molar-refractivity contribution in [1.29, 1.82) is 0 Å². The fourth-order valence-corrected chi connectivity index (χ4v) is 4.80. The highest BCUT2D eigenvalue weighted by Gasteiger charge is 2.48. The molecular formula is C22H21N3O3. The first-order valence-corrected chi connectivity index (χ1v) is 9.63. The molecule has 142 valence electrons. The number of fused-ring (bicyclic) bond motifs is 3. The molecule has 1 aliphatic carbocycles. The van der Waals surface area contributed by atoms with Gasteiger partial charge in [0, 0.05) is 18.5 Å². The van der Waals surface area contributed by atoms with E-state index < -0.39 is 11.7 Å². The highest BCUT2D eigenvalue weighted by atomic mass is 16.3. The topological polar surface area (TPSA) is 86.3 Å². The number of para-hydroxylation sites is 2. The van der Waals surface area contributed by atoms with Gasteiger partial charge in [-0.05, 0) is 42.5 Å². The lowest BCUT2D eigenvalue weighted by molar-refractivity contribution is 0.0361. The van der Waals surface area contributed by atoms with Crippen molar-refractivity contribution in [2.24, 2.45) is 0 Å². The van der Waals surface area contributed by atoms with Gasteiger partial charge >= 0.3 is 0 Å². The first-order chi connectivity index (χ1) is 13.6. The molecule has 1 spiro atoms. The summed E-state index contributed by atoms with van der Waals surface area (Å²) < 4.78 is 0. The van der Waals surface area contributed by atoms with E-state index in [1.807, 2.05) is 24.3 Å². The zero-order valence-corrected chi connectivity index (χ0v) is 15.4. The van der Waals surface area contributed by atoms with E-state index >= 15 is 0 Å². The summed E-state index contributed by atoms with van der Waals surface area (Å²) in [5.74, 6) is -0.345. The number of aromatic amines is 1. The smallest absolute Gasteiger partial charge is 0.280 e. The summed E-state index contributed by atoms with van der Waals surface area (Å²) in [5.41, 5.74) is 2.79. The Morgan fingerprint density at radius 3 is 2.64 bits per heavy atom. The highest BCUT2D eigenvalue weighted by molar-refractivity contribution is 5.93. The van der Waals surface area contributed by atoms with Gasteiger partial charge in [0.25, 0.3) is 11.5 Å². The summed E-state index contributed by atoms with van der Waals surface area (Å²) in [5, 5.41) is 10.8. The van der Waals surface area contributed by atoms with Crippen molar-refractivity contribution in [2.75, 3.05) is 13.1 Å². The van der Waals surface area contributed by atoms with E-state index in [0.29, 0.717) is 43.4 Å². The number of benzene rings is 2. The summed E-state index contributed by atoms with van der Waals surface area (Å²) in [6.07, 6.45) is 1.60. The van der Waals surface area contributed by atoms with Gasteiger partial charge < -0.3 is 15.0 Å². The van der Waals surface area contributed by atoms with E-state index in [-0.39, 0.29) is 17.0 Å². The molecule has 0 saturated carbocycles. The predicted molar refractivity (Wildman–Crippen MR) is 105 cm³/mol. The maximum absolute atomic E-state index is 13.0. The van der Waals surface area contributed by atoms with Crippen LogP contribution in [-0.4, -0.2) is 45.1 Å². The maximum atomic E-state index is 13.0. The van der Waals surface area contributed by atoms with Crippen molar-refractivity contribution in [3.63, 3.8) is 0 Å². The molecule has 1 atom stereocenters. The molecule has 2 N–H and O–H groups in total. The zero-order valence-electron chi connectivity index (χ0n) is 15.4. The first kappa shape index (κ1) is 17.1. The van der Waals surface area contributed by atoms with E-state index in [4.69, 9.17) is 0 Å². The lowest BCUT2D eigenvalue weighted by atomic mass is 9.72. The largest absolute Gasteiger partial charge is 0.392 e. The van der Waals surface area contributed by atoms with Crippen molar-refractivity contribution >= 4 is 16.9 Å². The van der Waals surface area contributed by atoms with E-state index in [1.165, 1.54) is 11.1 Å². The molecule has 6 heteroatoms. The van der Waals surface area contributed by atoms with Gasteiger partial charge in [-0.25, -0.2) is 4.98 Å². The van der Waals surface area contributed by atoms with Gasteiger partial charge in [0.05, 0.1) is 17.1 Å². The summed E-state index contributed by atoms with van der Waals surface area (Å²) in [6.45, 7) is 0.996. The van der Waals surface area contributed by atoms with E-state index in [0.717, 1.165) is 0 Å². The average Bonchev–Trinajstić information content (AvgIpc) is 2.99. The van der Waals surface area contributed by atoms with Gasteiger partial charge in [0.1, 0.15) is 0 Å². The number of hydrogen-bond acceptors (Lipinski definition) is 4. The van der Waals surface area contributed by atoms with Gasteiger partial charge in [-0.2, -0.15) is 0 Å². The standard InChI is InChI=1S/C22H21N3O3/c26-18-13-14-5-1-2-6-15(14)22(18)9-11-25(12-10-22)21(28)19-20(27)24-17-8-4-3-7-16(17)23-19/h1-8,18,26H,9-13H2,(H,24,27)/t18-/m0/s1. The number of aliphatic hydroxyl groups excluding tert-OH is 1. The quantitative estimate of drug-likeness (QED) is 0.681. The molecule has 5 rings (SSSR count). The minimum absolute atomic E-state index is 0.0676. The molecule has 2 aliphatic rings. The van der Waals surface area contributed by atoms with Gasteiger partial charge in [0.2, 0.25) is 0 Å². The van der Waals surface area contributed by atoms with E-state index in [1.54, 1.807) is 17.0 Å². The molecule has 1 fully saturated rings. The Morgan fingerprint density at radius 2 is 1.82 bits per heavy atom. The Hall–Kier alpha value is -2.99. The summed E-state index contributed by atoms with van der Waals surface area (Å²) in [7, 11) is 0. The summed E-state index contributed by atoms with van der Waals surface area (Å²) in [6, 6.07) is 15.4. The number of aliphatic hydroxyl groups is 1. The van der Waals surface area contributed by atoms with Crippen LogP contribution in [0.25, 0.3) is 11.0 Å². The molecule has 28 heavy (non-hydrogen) atoms. The Balaban J connectivity index is 1.41. The minimum atomic E-state index is -0.463. The number of nitrogens with one attached hydrogen (secondary N) is 1. The molecular weight excluding hydrogens is 354 g/mol. The molecule has 2 heterocycles. The van der Waals surface area contributed by atoms with E-state index in [9.17, 15) is 14.7 Å². The minimum Gasteiger partial charge on any atom is -0.392 e. The van der Waals surface area contributed by atoms with Crippen molar-refractivity contribution in [3.8, 4) is 0 Å². The van der Waals surface area contributed by atoms with Crippen molar-refractivity contribution in [3.05, 3.63) is 75.7 Å². The first-order valence-electron chi connectivity index (χ1n) is 9.63. The third-order valence-electron chi connectivity index (χ3n) is 6.35. The number of rotatable bonds is 1. The number of H-pyrrole nitrogens is 1. The van der Waals surface area contributed by atoms with Crippen LogP contribution in [0.4, 0.5) is 0 Å². The lowest BCUT2D eigenvalue weighted by Crippen LogP contribution is -2.49. The lowest BCUT2D eigenvalue weighted by Gasteiger charge is -2.42. The molecule has 1 aromatic heterocycles. The number of carbonyl (C=O) groups is 1. The molecule has 0 bridgehead atoms. The predicted octanol–water partition coefficient (Wildman–Crippen LogP) is 2.01. The van der Waals surface area contributed by atoms with Crippen LogP contribution in [0.15, 0.2) is 53.3 Å². The zero-order chi connectivity index (χ0) is 19.3. The van der Waals surface area contributed by atoms with Gasteiger partial charge in [-0.1, -0.05) is 36.4 Å². The molecule has 1 saturated heterocycles. The number of nitrogens with zero attached hydrogens (tertiary/aromatic N) is 2. The second-order valence-corrected chi connectivity index (χ2v) is 7.76. The van der Waals surface area contributed by atoms with Crippen LogP contribution in [0.1, 0.15) is 34.5 Å². The highest BCUT2D eigenvalue weighted by Crippen LogP contribution is 2.46. The number of hydrogen-bond donors (Lipinski definition) is 2. The molecule has 6 nitrogen and oxygen atoms in total. The molecule has 1 aliphatic heterocycles. The van der Waals surface area contributed by atoms with Crippen LogP contribution in [0.5, 0.6) is 0 Å². The third-order valence-corrected chi connectivity index (χ3v) is 6.35. The second-order valence-electron chi connectivity index (χ2n) is 7.76. The van der Waals surface area contributed by atoms with Crippen molar-refractivity contribution in [2.45, 2.75) is 30.8 Å². The van der Waals surface area contributed by atoms with Gasteiger partial charge in [-0.15, -0.1) is 0 Å². The van der Waals surface area contributed by atoms with E-state index in [2.05, 4.69) is 22.1 Å². The van der Waals surface area contributed by atoms with Crippen LogP contribution in [0.2, 0.25) is 0 Å². The fourth-order valence-electron chi connectivity index (χ4n) is 4.80. The van der Waals surface area contributed by atoms with Crippen molar-refractivity contribution in [1.82, 2.24) is 14.9 Å². The number of carbonyl (C=O) groups excluding carboxylic acids is 1. The molecule has 3 aromatic rings. The Labute approximate surface area is 161 Å². The van der Waals surface area contributed by atoms with Gasteiger partial charge in [-0.3, -0.25) is 9.59 Å². The van der Waals surface area contributed by atoms with Crippen LogP contribution < -0.4 is 5.56 Å². The summed E-state index contributed by atoms with van der Waals surface area (Å²) in [4.78, 5) is 34.1. The number of aromatic nitrogens is 2. The van der Waals surface area contributed by atoms with Crippen LogP contribution >= 0.6 is 0 Å². The number of amides is 1. The second kappa shape index (κ2) is 6.27. The average molecular weight is 375 g/mol. The van der Waals surface area contributed by atoms with Crippen LogP contribution in [0, 0.1) is 0 Å². The monoisotopic (exact) mass is 375 g/mol. The van der Waals surface area contributed by atoms with Gasteiger partial charge in [0.15, 0.2) is 5.69 Å². The van der Waals surface area contributed by atoms with Crippen LogP contribution in [-0.2, 0) is 11.8 Å². The number of piperidine rings is 1. The molecule has 0 radical (unpaired) electrons. The van der Waals surface area contributed by atoms with Crippen molar-refractivity contribution < 1.29 is 9.90 Å². The Kier molecular flexibility index (Phi) is 3.84. The Bertz CT molecular complexity index is 1130. The molecule has 1 amide bonds.